The van der Waals surface area contributed by atoms with Crippen LogP contribution in [-0.2, 0) is 20.7 Å². The van der Waals surface area contributed by atoms with Crippen molar-refractivity contribution in [2.24, 2.45) is 5.73 Å². The van der Waals surface area contributed by atoms with Gasteiger partial charge in [0.15, 0.2) is 6.04 Å². The number of alkyl halides is 2. The van der Waals surface area contributed by atoms with Crippen molar-refractivity contribution in [3.8, 4) is 16.9 Å². The molecule has 2 bridgehead atoms. The van der Waals surface area contributed by atoms with Crippen LogP contribution in [0.5, 0.6) is 5.75 Å². The van der Waals surface area contributed by atoms with Crippen LogP contribution in [0.4, 0.5) is 8.78 Å². The number of hydrogen-bond donors (Lipinski definition) is 1. The maximum atomic E-state index is 16.9. The van der Waals surface area contributed by atoms with Crippen LogP contribution in [-0.4, -0.2) is 60.8 Å². The second kappa shape index (κ2) is 12.9. The number of nitrogens with two attached hydrogens (primary N) is 1. The van der Waals surface area contributed by atoms with E-state index in [0.29, 0.717) is 41.1 Å². The second-order valence-electron chi connectivity index (χ2n) is 13.5. The van der Waals surface area contributed by atoms with Crippen LogP contribution in [0.1, 0.15) is 56.9 Å². The zero-order valence-corrected chi connectivity index (χ0v) is 27.8. The fourth-order valence-electron chi connectivity index (χ4n) is 7.87. The molecule has 2 aliphatic heterocycles. The lowest BCUT2D eigenvalue weighted by Gasteiger charge is -2.42. The highest BCUT2D eigenvalue weighted by Gasteiger charge is 2.56. The number of carbonyl (C=O) groups excluding carboxylic acids is 1. The van der Waals surface area contributed by atoms with Crippen LogP contribution in [0.3, 0.4) is 0 Å². The van der Waals surface area contributed by atoms with Crippen LogP contribution in [0.25, 0.3) is 21.9 Å². The van der Waals surface area contributed by atoms with E-state index in [0.717, 1.165) is 49.2 Å². The molecule has 1 amide bonds. The molecular weight excluding hydrogens is 632 g/mol. The zero-order chi connectivity index (χ0) is 33.6. The highest BCUT2D eigenvalue weighted by atomic mass is 32.2. The molecule has 0 radical (unpaired) electrons. The van der Waals surface area contributed by atoms with Crippen molar-refractivity contribution < 1.29 is 26.7 Å². The maximum absolute atomic E-state index is 16.9. The number of benzene rings is 4. The van der Waals surface area contributed by atoms with Gasteiger partial charge in [-0.2, -0.15) is 13.1 Å². The van der Waals surface area contributed by atoms with Crippen LogP contribution >= 0.6 is 0 Å². The molecule has 2 saturated heterocycles. The Morgan fingerprint density at radius 3 is 2.12 bits per heavy atom. The minimum atomic E-state index is -4.56. The predicted octanol–water partition coefficient (Wildman–Crippen LogP) is 7.09. The normalized spacial score (nSPS) is 22.4. The van der Waals surface area contributed by atoms with Crippen molar-refractivity contribution >= 4 is 26.7 Å². The van der Waals surface area contributed by atoms with Crippen molar-refractivity contribution in [3.63, 3.8) is 0 Å². The Labute approximate surface area is 280 Å². The molecule has 3 fully saturated rings. The topological polar surface area (TPSA) is 92.9 Å². The van der Waals surface area contributed by atoms with E-state index < -0.39 is 33.5 Å². The number of carbonyl (C=O) groups is 1. The summed E-state index contributed by atoms with van der Waals surface area (Å²) in [6.45, 7) is 0. The van der Waals surface area contributed by atoms with Gasteiger partial charge in [-0.15, -0.1) is 0 Å². The third kappa shape index (κ3) is 6.10. The lowest BCUT2D eigenvalue weighted by molar-refractivity contribution is -0.154. The number of rotatable bonds is 9. The average molecular weight is 674 g/mol. The number of ether oxygens (including phenoxy) is 1. The Balaban J connectivity index is 1.23. The number of likely N-dealkylation sites (N-methyl/N-ethyl adjacent to an activating group) is 1. The lowest BCUT2D eigenvalue weighted by atomic mass is 9.93. The van der Waals surface area contributed by atoms with E-state index in [2.05, 4.69) is 0 Å². The molecule has 3 aliphatic rings. The number of piperidine rings is 1. The Bertz CT molecular complexity index is 1880. The summed E-state index contributed by atoms with van der Waals surface area (Å²) < 4.78 is 68.9. The predicted molar refractivity (Wildman–Crippen MR) is 182 cm³/mol. The van der Waals surface area contributed by atoms with E-state index in [9.17, 15) is 13.2 Å². The van der Waals surface area contributed by atoms with Gasteiger partial charge in [0, 0.05) is 30.7 Å². The molecule has 2 N–H and O–H groups in total. The van der Waals surface area contributed by atoms with Crippen LogP contribution in [0.15, 0.2) is 95.9 Å². The van der Waals surface area contributed by atoms with Gasteiger partial charge in [-0.05, 0) is 97.5 Å². The van der Waals surface area contributed by atoms with Gasteiger partial charge in [-0.1, -0.05) is 66.7 Å². The van der Waals surface area contributed by atoms with Gasteiger partial charge in [0.25, 0.3) is 5.92 Å². The molecule has 0 aromatic heterocycles. The van der Waals surface area contributed by atoms with E-state index in [-0.39, 0.29) is 29.1 Å². The van der Waals surface area contributed by atoms with Gasteiger partial charge in [0.2, 0.25) is 15.9 Å². The van der Waals surface area contributed by atoms with E-state index >= 15 is 8.78 Å². The molecular formula is C38H41F2N3O4S. The first kappa shape index (κ1) is 32.7. The van der Waals surface area contributed by atoms with Gasteiger partial charge in [-0.3, -0.25) is 4.79 Å². The zero-order valence-electron chi connectivity index (χ0n) is 27.0. The molecule has 7 nitrogen and oxygen atoms in total. The maximum Gasteiger partial charge on any atom is 0.298 e. The lowest BCUT2D eigenvalue weighted by Crippen LogP contribution is -2.61. The molecule has 4 aromatic rings. The summed E-state index contributed by atoms with van der Waals surface area (Å²) in [5, 5.41) is 1.39. The second-order valence-corrected chi connectivity index (χ2v) is 15.5. The van der Waals surface area contributed by atoms with Gasteiger partial charge < -0.3 is 15.4 Å². The molecule has 3 atom stereocenters. The summed E-state index contributed by atoms with van der Waals surface area (Å²) >= 11 is 0. The number of hydrogen-bond acceptors (Lipinski definition) is 5. The molecule has 2 unspecified atom stereocenters. The van der Waals surface area contributed by atoms with Gasteiger partial charge >= 0.3 is 0 Å². The molecule has 48 heavy (non-hydrogen) atoms. The first-order valence-corrected chi connectivity index (χ1v) is 18.3. The van der Waals surface area contributed by atoms with Gasteiger partial charge in [0.1, 0.15) is 5.75 Å². The minimum absolute atomic E-state index is 0.126. The van der Waals surface area contributed by atoms with E-state index in [4.69, 9.17) is 10.5 Å². The standard InChI is InChI=1S/C38H41F2N3O4S/c1-42(48(45,46)35-20-14-27-21-34(19-13-28(27)22-35)47-33-9-5-6-10-33)36(37(44)43-31-17-18-32(43)24-30(41)23-31)38(39,40)29-15-11-26(12-16-29)25-7-3-2-4-8-25/h2-4,7-8,11-16,19-22,30-33,36H,5-6,9-10,17-18,23-24,41H2,1H3/t30?,31?,32?,36-/m0/s1. The SMILES string of the molecule is CN([C@@H](C(=O)N1C2CCC1CC(N)C2)C(F)(F)c1ccc(-c2ccccc2)cc1)S(=O)(=O)c1ccc2cc(OC3CCCC3)ccc2c1. The smallest absolute Gasteiger partial charge is 0.298 e. The monoisotopic (exact) mass is 673 g/mol. The molecule has 252 valence electrons. The first-order chi connectivity index (χ1) is 23.0. The third-order valence-electron chi connectivity index (χ3n) is 10.4. The van der Waals surface area contributed by atoms with Crippen molar-refractivity contribution in [2.45, 2.75) is 92.5 Å². The molecule has 0 spiro atoms. The van der Waals surface area contributed by atoms with E-state index in [1.54, 1.807) is 30.3 Å². The van der Waals surface area contributed by atoms with Crippen molar-refractivity contribution in [2.75, 3.05) is 7.05 Å². The van der Waals surface area contributed by atoms with Crippen LogP contribution in [0, 0.1) is 0 Å². The number of halogens is 2. The summed E-state index contributed by atoms with van der Waals surface area (Å²) in [6.07, 6.45) is 6.78. The summed E-state index contributed by atoms with van der Waals surface area (Å²) in [5.41, 5.74) is 7.39. The third-order valence-corrected chi connectivity index (χ3v) is 12.2. The molecule has 1 saturated carbocycles. The van der Waals surface area contributed by atoms with Crippen LogP contribution in [0.2, 0.25) is 0 Å². The average Bonchev–Trinajstić information content (AvgIpc) is 3.70. The van der Waals surface area contributed by atoms with Gasteiger partial charge in [0.05, 0.1) is 11.0 Å². The Morgan fingerprint density at radius 1 is 0.854 bits per heavy atom. The number of amides is 1. The number of fused-ring (bicyclic) bond motifs is 3. The Morgan fingerprint density at radius 2 is 1.46 bits per heavy atom. The Kier molecular flexibility index (Phi) is 8.76. The Hall–Kier alpha value is -3.86. The van der Waals surface area contributed by atoms with Crippen molar-refractivity contribution in [1.29, 1.82) is 0 Å². The van der Waals surface area contributed by atoms with Crippen LogP contribution < -0.4 is 10.5 Å². The summed E-state index contributed by atoms with van der Waals surface area (Å²) in [4.78, 5) is 15.7. The highest BCUT2D eigenvalue weighted by Crippen LogP contribution is 2.42. The first-order valence-electron chi connectivity index (χ1n) is 16.8. The highest BCUT2D eigenvalue weighted by molar-refractivity contribution is 7.89. The fourth-order valence-corrected chi connectivity index (χ4v) is 9.22. The molecule has 4 aromatic carbocycles. The van der Waals surface area contributed by atoms with E-state index in [1.165, 1.54) is 29.2 Å². The van der Waals surface area contributed by atoms with Crippen molar-refractivity contribution in [1.82, 2.24) is 9.21 Å². The fraction of sp³-hybridized carbons (Fsp3) is 0.395. The number of nitrogens with zero attached hydrogens (tertiary/aromatic N) is 2. The summed E-state index contributed by atoms with van der Waals surface area (Å²) in [5.74, 6) is -4.04. The molecule has 2 heterocycles. The quantitative estimate of drug-likeness (QED) is 0.205. The minimum Gasteiger partial charge on any atom is -0.490 e. The molecule has 10 heteroatoms. The molecule has 7 rings (SSSR count). The molecule has 1 aliphatic carbocycles. The summed E-state index contributed by atoms with van der Waals surface area (Å²) in [7, 11) is -3.47. The summed E-state index contributed by atoms with van der Waals surface area (Å²) in [6, 6.07) is 22.0. The van der Waals surface area contributed by atoms with Gasteiger partial charge in [-0.25, -0.2) is 8.42 Å². The van der Waals surface area contributed by atoms with Crippen molar-refractivity contribution in [3.05, 3.63) is 96.6 Å². The largest absolute Gasteiger partial charge is 0.490 e. The number of sulfonamides is 1. The van der Waals surface area contributed by atoms with E-state index in [1.807, 2.05) is 36.4 Å².